The SMILES string of the molecule is CCOC(=O)N1C[C@H]2CNC[C@@H]2c2ccccc21. The van der Waals surface area contributed by atoms with E-state index >= 15 is 0 Å². The standard InChI is InChI=1S/C14H18N2O2/c1-2-18-14(17)16-9-10-7-15-8-12(10)11-5-3-4-6-13(11)16/h3-6,10,12,15H,2,7-9H2,1H3/t10-,12+/m1/s1. The van der Waals surface area contributed by atoms with Gasteiger partial charge in [0, 0.05) is 25.6 Å². The number of fused-ring (bicyclic) bond motifs is 3. The number of carbonyl (C=O) groups is 1. The van der Waals surface area contributed by atoms with Crippen molar-refractivity contribution in [2.75, 3.05) is 31.1 Å². The second-order valence-corrected chi connectivity index (χ2v) is 4.89. The van der Waals surface area contributed by atoms with Crippen molar-refractivity contribution in [3.05, 3.63) is 29.8 Å². The summed E-state index contributed by atoms with van der Waals surface area (Å²) in [6.45, 7) is 5.01. The Bertz CT molecular complexity index is 461. The molecule has 1 saturated heterocycles. The molecule has 0 aromatic heterocycles. The fraction of sp³-hybridized carbons (Fsp3) is 0.500. The lowest BCUT2D eigenvalue weighted by Crippen LogP contribution is -2.41. The maximum absolute atomic E-state index is 12.0. The molecule has 18 heavy (non-hydrogen) atoms. The lowest BCUT2D eigenvalue weighted by atomic mass is 9.84. The molecule has 0 saturated carbocycles. The van der Waals surface area contributed by atoms with Gasteiger partial charge < -0.3 is 10.1 Å². The first-order valence-electron chi connectivity index (χ1n) is 6.55. The Morgan fingerprint density at radius 3 is 3.11 bits per heavy atom. The van der Waals surface area contributed by atoms with Crippen LogP contribution in [0.5, 0.6) is 0 Å². The van der Waals surface area contributed by atoms with Gasteiger partial charge in [-0.3, -0.25) is 4.90 Å². The molecule has 1 N–H and O–H groups in total. The van der Waals surface area contributed by atoms with Crippen LogP contribution in [0.4, 0.5) is 10.5 Å². The molecule has 1 aromatic carbocycles. The van der Waals surface area contributed by atoms with Crippen LogP contribution in [0.25, 0.3) is 0 Å². The number of para-hydroxylation sites is 1. The molecule has 2 aliphatic rings. The Hall–Kier alpha value is -1.55. The molecule has 0 aliphatic carbocycles. The van der Waals surface area contributed by atoms with Crippen LogP contribution in [0.15, 0.2) is 24.3 Å². The van der Waals surface area contributed by atoms with Crippen molar-refractivity contribution in [1.82, 2.24) is 5.32 Å². The van der Waals surface area contributed by atoms with E-state index in [0.717, 1.165) is 25.3 Å². The molecule has 0 spiro atoms. The van der Waals surface area contributed by atoms with E-state index in [0.29, 0.717) is 18.4 Å². The first kappa shape index (κ1) is 11.5. The molecular weight excluding hydrogens is 228 g/mol. The first-order chi connectivity index (χ1) is 8.81. The van der Waals surface area contributed by atoms with Crippen molar-refractivity contribution in [1.29, 1.82) is 0 Å². The van der Waals surface area contributed by atoms with Crippen molar-refractivity contribution in [3.8, 4) is 0 Å². The van der Waals surface area contributed by atoms with Crippen LogP contribution < -0.4 is 10.2 Å². The number of nitrogens with one attached hydrogen (secondary N) is 1. The van der Waals surface area contributed by atoms with E-state index in [2.05, 4.69) is 11.4 Å². The summed E-state index contributed by atoms with van der Waals surface area (Å²) < 4.78 is 5.15. The smallest absolute Gasteiger partial charge is 0.414 e. The van der Waals surface area contributed by atoms with Crippen LogP contribution in [0.3, 0.4) is 0 Å². The van der Waals surface area contributed by atoms with Crippen LogP contribution in [-0.4, -0.2) is 32.3 Å². The van der Waals surface area contributed by atoms with E-state index in [-0.39, 0.29) is 6.09 Å². The van der Waals surface area contributed by atoms with Gasteiger partial charge in [-0.2, -0.15) is 0 Å². The number of carbonyl (C=O) groups excluding carboxylic acids is 1. The average Bonchev–Trinajstić information content (AvgIpc) is 2.86. The minimum absolute atomic E-state index is 0.227. The molecule has 0 unspecified atom stereocenters. The van der Waals surface area contributed by atoms with Crippen LogP contribution in [0, 0.1) is 5.92 Å². The normalized spacial score (nSPS) is 25.5. The molecule has 1 amide bonds. The highest BCUT2D eigenvalue weighted by Crippen LogP contribution is 2.40. The Morgan fingerprint density at radius 1 is 1.44 bits per heavy atom. The molecule has 4 nitrogen and oxygen atoms in total. The Kier molecular flexibility index (Phi) is 2.96. The van der Waals surface area contributed by atoms with Crippen molar-refractivity contribution in [3.63, 3.8) is 0 Å². The third kappa shape index (κ3) is 1.77. The van der Waals surface area contributed by atoms with Gasteiger partial charge in [0.05, 0.1) is 12.3 Å². The van der Waals surface area contributed by atoms with Crippen LogP contribution >= 0.6 is 0 Å². The number of ether oxygens (including phenoxy) is 1. The maximum atomic E-state index is 12.0. The van der Waals surface area contributed by atoms with E-state index in [9.17, 15) is 4.79 Å². The second-order valence-electron chi connectivity index (χ2n) is 4.89. The average molecular weight is 246 g/mol. The summed E-state index contributed by atoms with van der Waals surface area (Å²) in [5.74, 6) is 1.04. The van der Waals surface area contributed by atoms with Gasteiger partial charge >= 0.3 is 6.09 Å². The lowest BCUT2D eigenvalue weighted by Gasteiger charge is -2.35. The number of benzene rings is 1. The van der Waals surface area contributed by atoms with Gasteiger partial charge in [0.15, 0.2) is 0 Å². The molecule has 1 fully saturated rings. The molecule has 1 aromatic rings. The maximum Gasteiger partial charge on any atom is 0.414 e. The third-order valence-corrected chi connectivity index (χ3v) is 3.87. The van der Waals surface area contributed by atoms with Gasteiger partial charge in [0.25, 0.3) is 0 Å². The zero-order valence-electron chi connectivity index (χ0n) is 10.6. The van der Waals surface area contributed by atoms with E-state index in [4.69, 9.17) is 4.74 Å². The fourth-order valence-corrected chi connectivity index (χ4v) is 3.04. The number of nitrogens with zero attached hydrogens (tertiary/aromatic N) is 1. The summed E-state index contributed by atoms with van der Waals surface area (Å²) in [6.07, 6.45) is -0.227. The van der Waals surface area contributed by atoms with Gasteiger partial charge in [-0.1, -0.05) is 18.2 Å². The van der Waals surface area contributed by atoms with E-state index < -0.39 is 0 Å². The van der Waals surface area contributed by atoms with Crippen molar-refractivity contribution < 1.29 is 9.53 Å². The van der Waals surface area contributed by atoms with Gasteiger partial charge in [0.1, 0.15) is 0 Å². The zero-order valence-corrected chi connectivity index (χ0v) is 10.6. The van der Waals surface area contributed by atoms with Crippen molar-refractivity contribution in [2.45, 2.75) is 12.8 Å². The van der Waals surface area contributed by atoms with Crippen LogP contribution in [-0.2, 0) is 4.74 Å². The summed E-state index contributed by atoms with van der Waals surface area (Å²) in [4.78, 5) is 13.8. The van der Waals surface area contributed by atoms with Gasteiger partial charge in [-0.05, 0) is 24.5 Å². The van der Waals surface area contributed by atoms with E-state index in [1.165, 1.54) is 5.56 Å². The molecule has 0 bridgehead atoms. The number of rotatable bonds is 1. The molecule has 96 valence electrons. The summed E-state index contributed by atoms with van der Waals surface area (Å²) in [6, 6.07) is 8.17. The van der Waals surface area contributed by atoms with E-state index in [1.807, 2.05) is 25.1 Å². The second kappa shape index (κ2) is 4.61. The Labute approximate surface area is 107 Å². The number of hydrogen-bond acceptors (Lipinski definition) is 3. The minimum atomic E-state index is -0.227. The number of amides is 1. The quantitative estimate of drug-likeness (QED) is 0.823. The van der Waals surface area contributed by atoms with Gasteiger partial charge in [-0.25, -0.2) is 4.79 Å². The largest absolute Gasteiger partial charge is 0.449 e. The molecular formula is C14H18N2O2. The highest BCUT2D eigenvalue weighted by atomic mass is 16.6. The Balaban J connectivity index is 1.97. The third-order valence-electron chi connectivity index (χ3n) is 3.87. The van der Waals surface area contributed by atoms with Gasteiger partial charge in [-0.15, -0.1) is 0 Å². The Morgan fingerprint density at radius 2 is 2.28 bits per heavy atom. The highest BCUT2D eigenvalue weighted by Gasteiger charge is 2.38. The van der Waals surface area contributed by atoms with E-state index in [1.54, 1.807) is 4.90 Å². The molecule has 2 atom stereocenters. The first-order valence-corrected chi connectivity index (χ1v) is 6.55. The monoisotopic (exact) mass is 246 g/mol. The lowest BCUT2D eigenvalue weighted by molar-refractivity contribution is 0.158. The molecule has 0 radical (unpaired) electrons. The fourth-order valence-electron chi connectivity index (χ4n) is 3.04. The summed E-state index contributed by atoms with van der Waals surface area (Å²) in [5, 5.41) is 3.42. The van der Waals surface area contributed by atoms with Crippen LogP contribution in [0.2, 0.25) is 0 Å². The van der Waals surface area contributed by atoms with Crippen LogP contribution in [0.1, 0.15) is 18.4 Å². The topological polar surface area (TPSA) is 41.6 Å². The number of anilines is 1. The van der Waals surface area contributed by atoms with Gasteiger partial charge in [0.2, 0.25) is 0 Å². The number of hydrogen-bond donors (Lipinski definition) is 1. The molecule has 2 heterocycles. The predicted octanol–water partition coefficient (Wildman–Crippen LogP) is 1.97. The molecule has 2 aliphatic heterocycles. The van der Waals surface area contributed by atoms with Crippen molar-refractivity contribution in [2.24, 2.45) is 5.92 Å². The molecule has 4 heteroatoms. The molecule has 3 rings (SSSR count). The predicted molar refractivity (Wildman–Crippen MR) is 69.9 cm³/mol. The summed E-state index contributed by atoms with van der Waals surface area (Å²) in [7, 11) is 0. The zero-order chi connectivity index (χ0) is 12.5. The highest BCUT2D eigenvalue weighted by molar-refractivity contribution is 5.89. The summed E-state index contributed by atoms with van der Waals surface area (Å²) in [5.41, 5.74) is 2.28. The van der Waals surface area contributed by atoms with Crippen molar-refractivity contribution >= 4 is 11.8 Å². The minimum Gasteiger partial charge on any atom is -0.449 e. The summed E-state index contributed by atoms with van der Waals surface area (Å²) >= 11 is 0.